The first-order valence-corrected chi connectivity index (χ1v) is 5.88. The van der Waals surface area contributed by atoms with E-state index in [1.165, 1.54) is 7.11 Å². The van der Waals surface area contributed by atoms with E-state index in [0.29, 0.717) is 16.9 Å². The summed E-state index contributed by atoms with van der Waals surface area (Å²) < 4.78 is 5.11. The minimum Gasteiger partial charge on any atom is -0.497 e. The molecule has 0 saturated heterocycles. The minimum atomic E-state index is -0.236. The molecule has 2 rings (SSSR count). The maximum absolute atomic E-state index is 12.1. The number of carbonyl (C=O) groups is 1. The molecule has 19 heavy (non-hydrogen) atoms. The molecule has 0 spiro atoms. The maximum atomic E-state index is 12.1. The highest BCUT2D eigenvalue weighted by atomic mass is 16.5. The molecular formula is C15H15NO3. The van der Waals surface area contributed by atoms with Crippen molar-refractivity contribution in [1.29, 1.82) is 0 Å². The smallest absolute Gasteiger partial charge is 0.255 e. The molecule has 0 bridgehead atoms. The molecule has 98 valence electrons. The molecule has 0 aliphatic heterocycles. The third kappa shape index (κ3) is 3.33. The molecule has 2 aromatic carbocycles. The van der Waals surface area contributed by atoms with Crippen LogP contribution in [0.4, 0.5) is 5.69 Å². The first kappa shape index (κ1) is 13.1. The molecule has 2 aromatic rings. The van der Waals surface area contributed by atoms with E-state index in [0.717, 1.165) is 5.69 Å². The van der Waals surface area contributed by atoms with Gasteiger partial charge in [0.25, 0.3) is 5.91 Å². The van der Waals surface area contributed by atoms with E-state index in [1.807, 2.05) is 30.3 Å². The van der Waals surface area contributed by atoms with E-state index >= 15 is 0 Å². The van der Waals surface area contributed by atoms with Crippen molar-refractivity contribution < 1.29 is 14.6 Å². The number of nitrogens with one attached hydrogen (secondary N) is 1. The number of aliphatic hydroxyl groups excluding tert-OH is 1. The number of carbonyl (C=O) groups excluding carboxylic acids is 1. The summed E-state index contributed by atoms with van der Waals surface area (Å²) in [4.78, 5) is 12.1. The number of methoxy groups -OCH3 is 1. The Morgan fingerprint density at radius 3 is 2.58 bits per heavy atom. The number of hydrogen-bond donors (Lipinski definition) is 2. The molecule has 4 heteroatoms. The van der Waals surface area contributed by atoms with Gasteiger partial charge in [-0.3, -0.25) is 4.79 Å². The third-order valence-electron chi connectivity index (χ3n) is 2.68. The lowest BCUT2D eigenvalue weighted by Gasteiger charge is -2.08. The van der Waals surface area contributed by atoms with Gasteiger partial charge in [-0.05, 0) is 35.9 Å². The van der Waals surface area contributed by atoms with Crippen molar-refractivity contribution in [3.8, 4) is 5.75 Å². The van der Waals surface area contributed by atoms with Gasteiger partial charge in [0.2, 0.25) is 0 Å². The Balaban J connectivity index is 2.23. The van der Waals surface area contributed by atoms with Gasteiger partial charge in [-0.25, -0.2) is 0 Å². The highest BCUT2D eigenvalue weighted by Crippen LogP contribution is 2.18. The van der Waals surface area contributed by atoms with Crippen molar-refractivity contribution in [2.24, 2.45) is 0 Å². The molecule has 0 heterocycles. The third-order valence-corrected chi connectivity index (χ3v) is 2.68. The summed E-state index contributed by atoms with van der Waals surface area (Å²) in [6.07, 6.45) is 0. The van der Waals surface area contributed by atoms with E-state index in [9.17, 15) is 4.79 Å². The summed E-state index contributed by atoms with van der Waals surface area (Å²) >= 11 is 0. The van der Waals surface area contributed by atoms with Crippen molar-refractivity contribution >= 4 is 11.6 Å². The first-order chi connectivity index (χ1) is 9.22. The SMILES string of the molecule is COc1cc(CO)cc(C(=O)Nc2ccccc2)c1. The normalized spacial score (nSPS) is 10.0. The largest absolute Gasteiger partial charge is 0.497 e. The quantitative estimate of drug-likeness (QED) is 0.884. The molecule has 1 amide bonds. The van der Waals surface area contributed by atoms with Crippen LogP contribution in [0.15, 0.2) is 48.5 Å². The second kappa shape index (κ2) is 6.02. The molecule has 0 aromatic heterocycles. The van der Waals surface area contributed by atoms with Gasteiger partial charge in [0.1, 0.15) is 5.75 Å². The summed E-state index contributed by atoms with van der Waals surface area (Å²) in [5, 5.41) is 12.0. The standard InChI is InChI=1S/C15H15NO3/c1-19-14-8-11(10-17)7-12(9-14)15(18)16-13-5-3-2-4-6-13/h2-9,17H,10H2,1H3,(H,16,18). The highest BCUT2D eigenvalue weighted by Gasteiger charge is 2.09. The van der Waals surface area contributed by atoms with Crippen LogP contribution < -0.4 is 10.1 Å². The number of hydrogen-bond acceptors (Lipinski definition) is 3. The Morgan fingerprint density at radius 1 is 1.21 bits per heavy atom. The van der Waals surface area contributed by atoms with Crippen molar-refractivity contribution in [2.75, 3.05) is 12.4 Å². The van der Waals surface area contributed by atoms with Crippen LogP contribution in [0.2, 0.25) is 0 Å². The minimum absolute atomic E-state index is 0.136. The second-order valence-corrected chi connectivity index (χ2v) is 4.05. The van der Waals surface area contributed by atoms with E-state index in [-0.39, 0.29) is 12.5 Å². The Bertz CT molecular complexity index is 545. The van der Waals surface area contributed by atoms with Gasteiger partial charge in [-0.2, -0.15) is 0 Å². The van der Waals surface area contributed by atoms with Gasteiger partial charge >= 0.3 is 0 Å². The Labute approximate surface area is 111 Å². The number of aliphatic hydroxyl groups is 1. The number of anilines is 1. The zero-order valence-corrected chi connectivity index (χ0v) is 10.6. The number of rotatable bonds is 4. The molecule has 0 aliphatic carbocycles. The van der Waals surface area contributed by atoms with E-state index in [4.69, 9.17) is 9.84 Å². The highest BCUT2D eigenvalue weighted by molar-refractivity contribution is 6.04. The van der Waals surface area contributed by atoms with Gasteiger partial charge in [0.15, 0.2) is 0 Å². The van der Waals surface area contributed by atoms with Gasteiger partial charge in [0, 0.05) is 11.3 Å². The van der Waals surface area contributed by atoms with Crippen LogP contribution in [0.25, 0.3) is 0 Å². The average Bonchev–Trinajstić information content (AvgIpc) is 2.47. The molecule has 0 fully saturated rings. The van der Waals surface area contributed by atoms with Crippen LogP contribution in [-0.2, 0) is 6.61 Å². The van der Waals surface area contributed by atoms with Gasteiger partial charge in [-0.15, -0.1) is 0 Å². The lowest BCUT2D eigenvalue weighted by atomic mass is 10.1. The maximum Gasteiger partial charge on any atom is 0.255 e. The van der Waals surface area contributed by atoms with E-state index < -0.39 is 0 Å². The van der Waals surface area contributed by atoms with Crippen LogP contribution in [0.5, 0.6) is 5.75 Å². The monoisotopic (exact) mass is 257 g/mol. The van der Waals surface area contributed by atoms with Crippen molar-refractivity contribution in [3.63, 3.8) is 0 Å². The van der Waals surface area contributed by atoms with Crippen LogP contribution in [0, 0.1) is 0 Å². The summed E-state index contributed by atoms with van der Waals surface area (Å²) in [6, 6.07) is 14.2. The van der Waals surface area contributed by atoms with Crippen LogP contribution in [-0.4, -0.2) is 18.1 Å². The first-order valence-electron chi connectivity index (χ1n) is 5.88. The lowest BCUT2D eigenvalue weighted by Crippen LogP contribution is -2.12. The molecule has 0 radical (unpaired) electrons. The van der Waals surface area contributed by atoms with Gasteiger partial charge in [-0.1, -0.05) is 18.2 Å². The molecule has 0 saturated carbocycles. The fourth-order valence-corrected chi connectivity index (χ4v) is 1.73. The van der Waals surface area contributed by atoms with Crippen LogP contribution in [0.1, 0.15) is 15.9 Å². The lowest BCUT2D eigenvalue weighted by molar-refractivity contribution is 0.102. The summed E-state index contributed by atoms with van der Waals surface area (Å²) in [7, 11) is 1.52. The van der Waals surface area contributed by atoms with Crippen molar-refractivity contribution in [2.45, 2.75) is 6.61 Å². The molecule has 2 N–H and O–H groups in total. The van der Waals surface area contributed by atoms with Crippen molar-refractivity contribution in [1.82, 2.24) is 0 Å². The summed E-state index contributed by atoms with van der Waals surface area (Å²) in [6.45, 7) is -0.136. The zero-order chi connectivity index (χ0) is 13.7. The topological polar surface area (TPSA) is 58.6 Å². The molecule has 0 aliphatic rings. The number of para-hydroxylation sites is 1. The predicted molar refractivity (Wildman–Crippen MR) is 73.3 cm³/mol. The molecule has 0 unspecified atom stereocenters. The van der Waals surface area contributed by atoms with Crippen molar-refractivity contribution in [3.05, 3.63) is 59.7 Å². The second-order valence-electron chi connectivity index (χ2n) is 4.05. The zero-order valence-electron chi connectivity index (χ0n) is 10.6. The number of benzene rings is 2. The summed E-state index contributed by atoms with van der Waals surface area (Å²) in [5.41, 5.74) is 1.81. The number of ether oxygens (including phenoxy) is 1. The number of amides is 1. The molecule has 0 atom stereocenters. The van der Waals surface area contributed by atoms with Gasteiger partial charge < -0.3 is 15.2 Å². The van der Waals surface area contributed by atoms with E-state index in [1.54, 1.807) is 18.2 Å². The predicted octanol–water partition coefficient (Wildman–Crippen LogP) is 2.44. The summed E-state index contributed by atoms with van der Waals surface area (Å²) in [5.74, 6) is 0.310. The molecule has 4 nitrogen and oxygen atoms in total. The van der Waals surface area contributed by atoms with E-state index in [2.05, 4.69) is 5.32 Å². The van der Waals surface area contributed by atoms with Crippen LogP contribution >= 0.6 is 0 Å². The molecular weight excluding hydrogens is 242 g/mol. The Kier molecular flexibility index (Phi) is 4.15. The van der Waals surface area contributed by atoms with Crippen LogP contribution in [0.3, 0.4) is 0 Å². The fourth-order valence-electron chi connectivity index (χ4n) is 1.73. The fraction of sp³-hybridized carbons (Fsp3) is 0.133. The Hall–Kier alpha value is -2.33. The van der Waals surface area contributed by atoms with Gasteiger partial charge in [0.05, 0.1) is 13.7 Å². The Morgan fingerprint density at radius 2 is 1.95 bits per heavy atom. The average molecular weight is 257 g/mol.